The second kappa shape index (κ2) is 7.25. The van der Waals surface area contributed by atoms with E-state index in [2.05, 4.69) is 5.32 Å². The van der Waals surface area contributed by atoms with Crippen LogP contribution in [0.3, 0.4) is 0 Å². The Bertz CT molecular complexity index is 872. The smallest absolute Gasteiger partial charge is 0.294 e. The lowest BCUT2D eigenvalue weighted by molar-refractivity contribution is -0.127. The van der Waals surface area contributed by atoms with Gasteiger partial charge in [-0.1, -0.05) is 12.1 Å². The summed E-state index contributed by atoms with van der Waals surface area (Å²) in [5.74, 6) is -0.832. The fourth-order valence-corrected chi connectivity index (χ4v) is 3.86. The van der Waals surface area contributed by atoms with Gasteiger partial charge < -0.3 is 5.32 Å². The molecule has 7 heteroatoms. The van der Waals surface area contributed by atoms with E-state index in [0.29, 0.717) is 10.6 Å². The third kappa shape index (κ3) is 4.00. The van der Waals surface area contributed by atoms with Gasteiger partial charge in [-0.2, -0.15) is 0 Å². The molecule has 1 N–H and O–H groups in total. The van der Waals surface area contributed by atoms with Crippen LogP contribution in [-0.4, -0.2) is 28.5 Å². The van der Waals surface area contributed by atoms with Crippen molar-refractivity contribution in [1.82, 2.24) is 4.90 Å². The van der Waals surface area contributed by atoms with Crippen LogP contribution in [0.1, 0.15) is 16.0 Å². The molecule has 25 heavy (non-hydrogen) atoms. The second-order valence-electron chi connectivity index (χ2n) is 5.63. The molecule has 0 bridgehead atoms. The SMILES string of the molecule is Cc1ccc(NC(=O)CN2C(=O)S/C(=C/c3cccs3)C2=O)cc1C. The summed E-state index contributed by atoms with van der Waals surface area (Å²) in [6.45, 7) is 3.65. The minimum atomic E-state index is -0.432. The lowest BCUT2D eigenvalue weighted by Gasteiger charge is -2.13. The van der Waals surface area contributed by atoms with Crippen LogP contribution in [0.5, 0.6) is 0 Å². The summed E-state index contributed by atoms with van der Waals surface area (Å²) in [6.07, 6.45) is 1.68. The van der Waals surface area contributed by atoms with Gasteiger partial charge >= 0.3 is 0 Å². The van der Waals surface area contributed by atoms with Crippen molar-refractivity contribution in [2.45, 2.75) is 13.8 Å². The van der Waals surface area contributed by atoms with Gasteiger partial charge in [-0.3, -0.25) is 19.3 Å². The zero-order valence-corrected chi connectivity index (χ0v) is 15.4. The molecule has 0 spiro atoms. The molecule has 128 valence electrons. The van der Waals surface area contributed by atoms with E-state index in [1.807, 2.05) is 43.5 Å². The average molecular weight is 372 g/mol. The summed E-state index contributed by atoms with van der Waals surface area (Å²) in [5, 5.41) is 4.19. The topological polar surface area (TPSA) is 66.5 Å². The normalized spacial score (nSPS) is 15.9. The summed E-state index contributed by atoms with van der Waals surface area (Å²) >= 11 is 2.34. The third-order valence-electron chi connectivity index (χ3n) is 3.78. The number of carbonyl (C=O) groups is 3. The molecular formula is C18H16N2O3S2. The maximum Gasteiger partial charge on any atom is 0.294 e. The Morgan fingerprint density at radius 1 is 1.20 bits per heavy atom. The van der Waals surface area contributed by atoms with E-state index in [4.69, 9.17) is 0 Å². The van der Waals surface area contributed by atoms with Crippen LogP contribution in [0.4, 0.5) is 10.5 Å². The minimum Gasteiger partial charge on any atom is -0.325 e. The van der Waals surface area contributed by atoms with Gasteiger partial charge in [0.1, 0.15) is 6.54 Å². The molecule has 1 fully saturated rings. The Balaban J connectivity index is 1.67. The number of hydrogen-bond acceptors (Lipinski definition) is 5. The van der Waals surface area contributed by atoms with E-state index >= 15 is 0 Å². The summed E-state index contributed by atoms with van der Waals surface area (Å²) in [4.78, 5) is 38.8. The van der Waals surface area contributed by atoms with Gasteiger partial charge in [-0.25, -0.2) is 0 Å². The highest BCUT2D eigenvalue weighted by Gasteiger charge is 2.36. The lowest BCUT2D eigenvalue weighted by atomic mass is 10.1. The van der Waals surface area contributed by atoms with E-state index < -0.39 is 17.1 Å². The zero-order valence-electron chi connectivity index (χ0n) is 13.7. The molecule has 0 atom stereocenters. The molecule has 3 amide bonds. The molecular weight excluding hydrogens is 356 g/mol. The number of thioether (sulfide) groups is 1. The van der Waals surface area contributed by atoms with E-state index in [1.165, 1.54) is 11.3 Å². The number of benzene rings is 1. The molecule has 5 nitrogen and oxygen atoms in total. The van der Waals surface area contributed by atoms with Crippen molar-refractivity contribution in [3.63, 3.8) is 0 Å². The van der Waals surface area contributed by atoms with Gasteiger partial charge in [0.05, 0.1) is 4.91 Å². The van der Waals surface area contributed by atoms with Crippen LogP contribution in [0.25, 0.3) is 6.08 Å². The molecule has 0 aliphatic carbocycles. The van der Waals surface area contributed by atoms with Gasteiger partial charge in [0, 0.05) is 10.6 Å². The number of hydrogen-bond donors (Lipinski definition) is 1. The number of aryl methyl sites for hydroxylation is 2. The fraction of sp³-hybridized carbons (Fsp3) is 0.167. The van der Waals surface area contributed by atoms with Gasteiger partial charge in [0.25, 0.3) is 11.1 Å². The molecule has 2 heterocycles. The second-order valence-corrected chi connectivity index (χ2v) is 7.60. The van der Waals surface area contributed by atoms with Crippen LogP contribution in [0, 0.1) is 13.8 Å². The first kappa shape index (κ1) is 17.4. The Morgan fingerprint density at radius 2 is 2.00 bits per heavy atom. The monoisotopic (exact) mass is 372 g/mol. The summed E-state index contributed by atoms with van der Waals surface area (Å²) in [7, 11) is 0. The first-order chi connectivity index (χ1) is 11.9. The first-order valence-corrected chi connectivity index (χ1v) is 9.29. The van der Waals surface area contributed by atoms with Crippen LogP contribution in [-0.2, 0) is 9.59 Å². The molecule has 3 rings (SSSR count). The summed E-state index contributed by atoms with van der Waals surface area (Å²) < 4.78 is 0. The Labute approximate surface area is 153 Å². The summed E-state index contributed by atoms with van der Waals surface area (Å²) in [6, 6.07) is 9.31. The fourth-order valence-electron chi connectivity index (χ4n) is 2.30. The van der Waals surface area contributed by atoms with Gasteiger partial charge in [0.15, 0.2) is 0 Å². The summed E-state index contributed by atoms with van der Waals surface area (Å²) in [5.41, 5.74) is 2.83. The van der Waals surface area contributed by atoms with Crippen LogP contribution in [0.2, 0.25) is 0 Å². The van der Waals surface area contributed by atoms with E-state index in [0.717, 1.165) is 32.7 Å². The molecule has 0 saturated carbocycles. The molecule has 0 unspecified atom stereocenters. The number of nitrogens with zero attached hydrogens (tertiary/aromatic N) is 1. The minimum absolute atomic E-state index is 0.292. The molecule has 1 saturated heterocycles. The molecule has 2 aromatic rings. The standard InChI is InChI=1S/C18H16N2O3S2/c1-11-5-6-13(8-12(11)2)19-16(21)10-20-17(22)15(25-18(20)23)9-14-4-3-7-24-14/h3-9H,10H2,1-2H3,(H,19,21)/b15-9+. The number of carbonyl (C=O) groups excluding carboxylic acids is 3. The highest BCUT2D eigenvalue weighted by molar-refractivity contribution is 8.18. The molecule has 1 aromatic carbocycles. The zero-order chi connectivity index (χ0) is 18.0. The van der Waals surface area contributed by atoms with Crippen molar-refractivity contribution in [2.24, 2.45) is 0 Å². The molecule has 0 radical (unpaired) electrons. The number of thiophene rings is 1. The van der Waals surface area contributed by atoms with Crippen LogP contribution >= 0.6 is 23.1 Å². The number of anilines is 1. The predicted octanol–water partition coefficient (Wildman–Crippen LogP) is 4.04. The maximum absolute atomic E-state index is 12.4. The Kier molecular flexibility index (Phi) is 5.06. The average Bonchev–Trinajstić information content (AvgIpc) is 3.15. The highest BCUT2D eigenvalue weighted by atomic mass is 32.2. The van der Waals surface area contributed by atoms with Crippen molar-refractivity contribution >= 4 is 51.9 Å². The van der Waals surface area contributed by atoms with Crippen LogP contribution < -0.4 is 5.32 Å². The molecule has 1 aliphatic heterocycles. The number of amides is 3. The van der Waals surface area contributed by atoms with Gasteiger partial charge in [-0.05, 0) is 66.4 Å². The van der Waals surface area contributed by atoms with E-state index in [-0.39, 0.29) is 6.54 Å². The van der Waals surface area contributed by atoms with Crippen molar-refractivity contribution in [3.05, 3.63) is 56.6 Å². The maximum atomic E-state index is 12.4. The van der Waals surface area contributed by atoms with Crippen molar-refractivity contribution in [2.75, 3.05) is 11.9 Å². The van der Waals surface area contributed by atoms with Gasteiger partial charge in [0.2, 0.25) is 5.91 Å². The lowest BCUT2D eigenvalue weighted by Crippen LogP contribution is -2.36. The first-order valence-electron chi connectivity index (χ1n) is 7.60. The van der Waals surface area contributed by atoms with Crippen LogP contribution in [0.15, 0.2) is 40.6 Å². The van der Waals surface area contributed by atoms with Crippen molar-refractivity contribution in [3.8, 4) is 0 Å². The van der Waals surface area contributed by atoms with Gasteiger partial charge in [-0.15, -0.1) is 11.3 Å². The Morgan fingerprint density at radius 3 is 2.68 bits per heavy atom. The third-order valence-corrected chi connectivity index (χ3v) is 5.51. The predicted molar refractivity (Wildman–Crippen MR) is 102 cm³/mol. The molecule has 1 aliphatic rings. The largest absolute Gasteiger partial charge is 0.325 e. The van der Waals surface area contributed by atoms with Crippen molar-refractivity contribution < 1.29 is 14.4 Å². The van der Waals surface area contributed by atoms with Crippen molar-refractivity contribution in [1.29, 1.82) is 0 Å². The van der Waals surface area contributed by atoms with E-state index in [9.17, 15) is 14.4 Å². The van der Waals surface area contributed by atoms with E-state index in [1.54, 1.807) is 12.1 Å². The Hall–Kier alpha value is -2.38. The highest BCUT2D eigenvalue weighted by Crippen LogP contribution is 2.32. The number of rotatable bonds is 4. The quantitative estimate of drug-likeness (QED) is 0.823. The molecule has 1 aromatic heterocycles. The number of imide groups is 1. The number of nitrogens with one attached hydrogen (secondary N) is 1.